The summed E-state index contributed by atoms with van der Waals surface area (Å²) in [4.78, 5) is 0. The summed E-state index contributed by atoms with van der Waals surface area (Å²) in [5.74, 6) is 0. The van der Waals surface area contributed by atoms with E-state index in [1.807, 2.05) is 0 Å². The van der Waals surface area contributed by atoms with E-state index in [-0.39, 0.29) is 12.1 Å². The van der Waals surface area contributed by atoms with Crippen LogP contribution in [-0.4, -0.2) is 19.3 Å². The maximum absolute atomic E-state index is 5.90. The smallest absolute Gasteiger partial charge is 0.0719 e. The second-order valence-corrected chi connectivity index (χ2v) is 2.99. The van der Waals surface area contributed by atoms with Gasteiger partial charge < -0.3 is 10.5 Å². The first-order valence-electron chi connectivity index (χ1n) is 4.54. The molecule has 0 heterocycles. The second kappa shape index (κ2) is 6.62. The summed E-state index contributed by atoms with van der Waals surface area (Å²) in [7, 11) is 1.74. The zero-order valence-electron chi connectivity index (χ0n) is 7.97. The molecular weight excluding hydrogens is 138 g/mol. The molecule has 0 aromatic carbocycles. The largest absolute Gasteiger partial charge is 0.380 e. The number of hydrogen-bond acceptors (Lipinski definition) is 2. The number of methoxy groups -OCH3 is 1. The van der Waals surface area contributed by atoms with Crippen molar-refractivity contribution >= 4 is 0 Å². The lowest BCUT2D eigenvalue weighted by Crippen LogP contribution is -2.35. The Labute approximate surface area is 70.1 Å². The maximum atomic E-state index is 5.90. The van der Waals surface area contributed by atoms with Crippen LogP contribution in [-0.2, 0) is 4.74 Å². The lowest BCUT2D eigenvalue weighted by Gasteiger charge is -2.20. The summed E-state index contributed by atoms with van der Waals surface area (Å²) in [6, 6.07) is 0.227. The zero-order valence-corrected chi connectivity index (χ0v) is 7.97. The fourth-order valence-corrected chi connectivity index (χ4v) is 1.27. The molecule has 0 radical (unpaired) electrons. The summed E-state index contributed by atoms with van der Waals surface area (Å²) < 4.78 is 5.23. The quantitative estimate of drug-likeness (QED) is 0.642. The number of unbranched alkanes of at least 4 members (excludes halogenated alkanes) is 1. The average molecular weight is 159 g/mol. The molecular formula is C9H21NO. The zero-order chi connectivity index (χ0) is 8.69. The van der Waals surface area contributed by atoms with Gasteiger partial charge in [0.1, 0.15) is 0 Å². The Morgan fingerprint density at radius 3 is 2.36 bits per heavy atom. The Kier molecular flexibility index (Phi) is 6.57. The van der Waals surface area contributed by atoms with Gasteiger partial charge in [-0.1, -0.05) is 26.7 Å². The lowest BCUT2D eigenvalue weighted by atomic mass is 10.0. The van der Waals surface area contributed by atoms with Gasteiger partial charge in [0.25, 0.3) is 0 Å². The number of hydrogen-bond donors (Lipinski definition) is 1. The van der Waals surface area contributed by atoms with Crippen LogP contribution in [0.1, 0.15) is 39.5 Å². The van der Waals surface area contributed by atoms with Crippen LogP contribution in [0, 0.1) is 0 Å². The highest BCUT2D eigenvalue weighted by atomic mass is 16.5. The predicted octanol–water partition coefficient (Wildman–Crippen LogP) is 1.93. The Hall–Kier alpha value is -0.0800. The third kappa shape index (κ3) is 4.38. The molecule has 0 saturated heterocycles. The van der Waals surface area contributed by atoms with Gasteiger partial charge >= 0.3 is 0 Å². The Balaban J connectivity index is 3.51. The van der Waals surface area contributed by atoms with Gasteiger partial charge in [0.2, 0.25) is 0 Å². The van der Waals surface area contributed by atoms with Crippen LogP contribution < -0.4 is 5.73 Å². The van der Waals surface area contributed by atoms with E-state index in [1.54, 1.807) is 7.11 Å². The van der Waals surface area contributed by atoms with Gasteiger partial charge in [-0.15, -0.1) is 0 Å². The SMILES string of the molecule is CCCCC(N)C(CC)OC. The standard InChI is InChI=1S/C9H21NO/c1-4-6-7-8(10)9(5-2)11-3/h8-9H,4-7,10H2,1-3H3. The van der Waals surface area contributed by atoms with Crippen molar-refractivity contribution in [2.45, 2.75) is 51.7 Å². The molecule has 2 atom stereocenters. The number of nitrogens with two attached hydrogens (primary N) is 1. The highest BCUT2D eigenvalue weighted by molar-refractivity contribution is 4.71. The van der Waals surface area contributed by atoms with E-state index in [9.17, 15) is 0 Å². The molecule has 0 saturated carbocycles. The molecule has 0 fully saturated rings. The first-order valence-corrected chi connectivity index (χ1v) is 4.54. The molecule has 0 aromatic heterocycles. The van der Waals surface area contributed by atoms with Crippen LogP contribution in [0.15, 0.2) is 0 Å². The highest BCUT2D eigenvalue weighted by Gasteiger charge is 2.13. The molecule has 0 amide bonds. The molecule has 0 aliphatic rings. The van der Waals surface area contributed by atoms with E-state index < -0.39 is 0 Å². The van der Waals surface area contributed by atoms with Crippen molar-refractivity contribution in [1.29, 1.82) is 0 Å². The van der Waals surface area contributed by atoms with Gasteiger partial charge in [0.05, 0.1) is 6.10 Å². The maximum Gasteiger partial charge on any atom is 0.0719 e. The first kappa shape index (κ1) is 10.9. The molecule has 0 aliphatic heterocycles. The number of rotatable bonds is 6. The average Bonchev–Trinajstić information content (AvgIpc) is 2.03. The molecule has 0 spiro atoms. The van der Waals surface area contributed by atoms with E-state index in [0.29, 0.717) is 0 Å². The van der Waals surface area contributed by atoms with Crippen LogP contribution in [0.4, 0.5) is 0 Å². The Bertz CT molecular complexity index is 81.6. The highest BCUT2D eigenvalue weighted by Crippen LogP contribution is 2.07. The van der Waals surface area contributed by atoms with Crippen molar-refractivity contribution < 1.29 is 4.74 Å². The van der Waals surface area contributed by atoms with Gasteiger partial charge in [-0.3, -0.25) is 0 Å². The van der Waals surface area contributed by atoms with Gasteiger partial charge in [-0.05, 0) is 12.8 Å². The van der Waals surface area contributed by atoms with Gasteiger partial charge in [-0.2, -0.15) is 0 Å². The number of ether oxygens (including phenoxy) is 1. The van der Waals surface area contributed by atoms with Gasteiger partial charge in [0, 0.05) is 13.2 Å². The fourth-order valence-electron chi connectivity index (χ4n) is 1.27. The summed E-state index contributed by atoms with van der Waals surface area (Å²) in [5, 5.41) is 0. The van der Waals surface area contributed by atoms with Crippen molar-refractivity contribution in [3.05, 3.63) is 0 Å². The van der Waals surface area contributed by atoms with Crippen LogP contribution in [0.3, 0.4) is 0 Å². The van der Waals surface area contributed by atoms with E-state index in [2.05, 4.69) is 13.8 Å². The van der Waals surface area contributed by atoms with Crippen LogP contribution >= 0.6 is 0 Å². The minimum Gasteiger partial charge on any atom is -0.380 e. The van der Waals surface area contributed by atoms with Crippen molar-refractivity contribution in [1.82, 2.24) is 0 Å². The molecule has 0 bridgehead atoms. The predicted molar refractivity (Wildman–Crippen MR) is 48.6 cm³/mol. The van der Waals surface area contributed by atoms with Crippen molar-refractivity contribution in [3.8, 4) is 0 Å². The normalized spacial score (nSPS) is 16.4. The van der Waals surface area contributed by atoms with Gasteiger partial charge in [-0.25, -0.2) is 0 Å². The summed E-state index contributed by atoms with van der Waals surface area (Å²) in [6.07, 6.45) is 4.78. The van der Waals surface area contributed by atoms with E-state index in [0.717, 1.165) is 12.8 Å². The molecule has 0 rings (SSSR count). The first-order chi connectivity index (χ1) is 5.26. The van der Waals surface area contributed by atoms with Crippen LogP contribution in [0.2, 0.25) is 0 Å². The molecule has 2 unspecified atom stereocenters. The van der Waals surface area contributed by atoms with E-state index >= 15 is 0 Å². The lowest BCUT2D eigenvalue weighted by molar-refractivity contribution is 0.0741. The minimum atomic E-state index is 0.227. The van der Waals surface area contributed by atoms with Crippen molar-refractivity contribution in [3.63, 3.8) is 0 Å². The molecule has 2 heteroatoms. The van der Waals surface area contributed by atoms with E-state index in [4.69, 9.17) is 10.5 Å². The summed E-state index contributed by atoms with van der Waals surface area (Å²) in [6.45, 7) is 4.29. The third-order valence-corrected chi connectivity index (χ3v) is 2.07. The Morgan fingerprint density at radius 2 is 2.00 bits per heavy atom. The minimum absolute atomic E-state index is 0.227. The van der Waals surface area contributed by atoms with E-state index in [1.165, 1.54) is 12.8 Å². The summed E-state index contributed by atoms with van der Waals surface area (Å²) >= 11 is 0. The van der Waals surface area contributed by atoms with Crippen molar-refractivity contribution in [2.24, 2.45) is 5.73 Å². The monoisotopic (exact) mass is 159 g/mol. The van der Waals surface area contributed by atoms with Gasteiger partial charge in [0.15, 0.2) is 0 Å². The molecule has 0 aliphatic carbocycles. The molecule has 68 valence electrons. The molecule has 0 aromatic rings. The summed E-state index contributed by atoms with van der Waals surface area (Å²) in [5.41, 5.74) is 5.90. The van der Waals surface area contributed by atoms with Crippen LogP contribution in [0.5, 0.6) is 0 Å². The second-order valence-electron chi connectivity index (χ2n) is 2.99. The molecule has 11 heavy (non-hydrogen) atoms. The Morgan fingerprint density at radius 1 is 1.36 bits per heavy atom. The van der Waals surface area contributed by atoms with Crippen LogP contribution in [0.25, 0.3) is 0 Å². The molecule has 2 N–H and O–H groups in total. The fraction of sp³-hybridized carbons (Fsp3) is 1.00. The topological polar surface area (TPSA) is 35.2 Å². The molecule has 2 nitrogen and oxygen atoms in total. The van der Waals surface area contributed by atoms with Crippen molar-refractivity contribution in [2.75, 3.05) is 7.11 Å². The third-order valence-electron chi connectivity index (χ3n) is 2.07.